The molecule has 0 radical (unpaired) electrons. The molecule has 0 unspecified atom stereocenters. The van der Waals surface area contributed by atoms with Gasteiger partial charge in [-0.05, 0) is 36.7 Å². The third kappa shape index (κ3) is 3.12. The van der Waals surface area contributed by atoms with E-state index in [9.17, 15) is 4.79 Å². The van der Waals surface area contributed by atoms with Gasteiger partial charge >= 0.3 is 5.76 Å². The second kappa shape index (κ2) is 6.20. The van der Waals surface area contributed by atoms with Gasteiger partial charge in [-0.25, -0.2) is 4.79 Å². The van der Waals surface area contributed by atoms with Gasteiger partial charge in [0.25, 0.3) is 0 Å². The summed E-state index contributed by atoms with van der Waals surface area (Å²) in [4.78, 5) is 13.8. The summed E-state index contributed by atoms with van der Waals surface area (Å²) in [6.45, 7) is 1.89. The molecule has 0 saturated carbocycles. The van der Waals surface area contributed by atoms with Crippen LogP contribution in [0.4, 0.5) is 0 Å². The first-order valence-corrected chi connectivity index (χ1v) is 7.44. The zero-order valence-electron chi connectivity index (χ0n) is 13.0. The fourth-order valence-corrected chi connectivity index (χ4v) is 2.63. The number of oxazole rings is 1. The average molecular weight is 296 g/mol. The molecular weight excluding hydrogens is 276 g/mol. The molecule has 22 heavy (non-hydrogen) atoms. The number of rotatable bonds is 5. The molecule has 0 saturated heterocycles. The Morgan fingerprint density at radius 1 is 1.09 bits per heavy atom. The Kier molecular flexibility index (Phi) is 4.11. The average Bonchev–Trinajstić information content (AvgIpc) is 2.81. The number of likely N-dealkylation sites (N-methyl/N-ethyl adjacent to an activating group) is 1. The number of nitrogens with zero attached hydrogens (tertiary/aromatic N) is 2. The van der Waals surface area contributed by atoms with Gasteiger partial charge in [-0.1, -0.05) is 36.4 Å². The molecule has 3 rings (SSSR count). The summed E-state index contributed by atoms with van der Waals surface area (Å²) >= 11 is 0. The van der Waals surface area contributed by atoms with E-state index in [-0.39, 0.29) is 5.76 Å². The maximum Gasteiger partial charge on any atom is 0.419 e. The molecule has 4 nitrogen and oxygen atoms in total. The van der Waals surface area contributed by atoms with E-state index in [0.29, 0.717) is 5.58 Å². The van der Waals surface area contributed by atoms with Gasteiger partial charge in [-0.2, -0.15) is 0 Å². The first-order chi connectivity index (χ1) is 10.6. The van der Waals surface area contributed by atoms with Crippen molar-refractivity contribution >= 4 is 11.1 Å². The molecule has 1 aromatic heterocycles. The largest absolute Gasteiger partial charge is 0.419 e. The Morgan fingerprint density at radius 2 is 1.86 bits per heavy atom. The van der Waals surface area contributed by atoms with Gasteiger partial charge in [-0.3, -0.25) is 4.57 Å². The molecule has 0 aliphatic carbocycles. The van der Waals surface area contributed by atoms with Crippen LogP contribution in [-0.2, 0) is 20.0 Å². The van der Waals surface area contributed by atoms with Crippen molar-refractivity contribution in [3.63, 3.8) is 0 Å². The zero-order valence-corrected chi connectivity index (χ0v) is 13.0. The van der Waals surface area contributed by atoms with E-state index >= 15 is 0 Å². The Hall–Kier alpha value is -2.33. The van der Waals surface area contributed by atoms with Crippen molar-refractivity contribution in [2.75, 3.05) is 13.6 Å². The SMILES string of the molecule is CN(CCc1ccc2c(c1)oc(=O)n2C)Cc1ccccc1. The molecule has 0 N–H and O–H groups in total. The van der Waals surface area contributed by atoms with Crippen LogP contribution in [0.15, 0.2) is 57.7 Å². The second-order valence-electron chi connectivity index (χ2n) is 5.70. The van der Waals surface area contributed by atoms with Gasteiger partial charge in [0, 0.05) is 20.1 Å². The van der Waals surface area contributed by atoms with Crippen LogP contribution >= 0.6 is 0 Å². The predicted octanol–water partition coefficient (Wildman–Crippen LogP) is 2.81. The highest BCUT2D eigenvalue weighted by atomic mass is 16.4. The zero-order chi connectivity index (χ0) is 15.5. The number of fused-ring (bicyclic) bond motifs is 1. The molecule has 0 aliphatic rings. The second-order valence-corrected chi connectivity index (χ2v) is 5.70. The van der Waals surface area contributed by atoms with E-state index in [1.165, 1.54) is 15.7 Å². The Labute approximate surface area is 129 Å². The summed E-state index contributed by atoms with van der Waals surface area (Å²) in [6.07, 6.45) is 0.928. The molecule has 4 heteroatoms. The Balaban J connectivity index is 1.65. The maximum absolute atomic E-state index is 11.5. The predicted molar refractivity (Wildman–Crippen MR) is 87.9 cm³/mol. The number of hydrogen-bond acceptors (Lipinski definition) is 3. The van der Waals surface area contributed by atoms with Crippen molar-refractivity contribution in [2.45, 2.75) is 13.0 Å². The molecule has 0 spiro atoms. The lowest BCUT2D eigenvalue weighted by atomic mass is 10.1. The molecular formula is C18H20N2O2. The monoisotopic (exact) mass is 296 g/mol. The van der Waals surface area contributed by atoms with Crippen LogP contribution in [0.25, 0.3) is 11.1 Å². The lowest BCUT2D eigenvalue weighted by Crippen LogP contribution is -2.20. The van der Waals surface area contributed by atoms with Crippen LogP contribution in [-0.4, -0.2) is 23.1 Å². The van der Waals surface area contributed by atoms with Gasteiger partial charge in [-0.15, -0.1) is 0 Å². The molecule has 3 aromatic rings. The fourth-order valence-electron chi connectivity index (χ4n) is 2.63. The fraction of sp³-hybridized carbons (Fsp3) is 0.278. The van der Waals surface area contributed by atoms with Crippen molar-refractivity contribution in [3.8, 4) is 0 Å². The standard InChI is InChI=1S/C18H20N2O2/c1-19(13-15-6-4-3-5-7-15)11-10-14-8-9-16-17(12-14)22-18(21)20(16)2/h3-9,12H,10-11,13H2,1-2H3. The van der Waals surface area contributed by atoms with E-state index in [2.05, 4.69) is 42.3 Å². The van der Waals surface area contributed by atoms with Crippen LogP contribution in [0.2, 0.25) is 0 Å². The van der Waals surface area contributed by atoms with E-state index in [4.69, 9.17) is 4.42 Å². The minimum absolute atomic E-state index is 0.312. The van der Waals surface area contributed by atoms with Gasteiger partial charge in [0.1, 0.15) is 0 Å². The first kappa shape index (κ1) is 14.6. The Morgan fingerprint density at radius 3 is 2.64 bits per heavy atom. The van der Waals surface area contributed by atoms with E-state index < -0.39 is 0 Å². The van der Waals surface area contributed by atoms with Crippen LogP contribution in [0.5, 0.6) is 0 Å². The van der Waals surface area contributed by atoms with Gasteiger partial charge in [0.05, 0.1) is 5.52 Å². The lowest BCUT2D eigenvalue weighted by molar-refractivity contribution is 0.331. The molecule has 0 bridgehead atoms. The summed E-state index contributed by atoms with van der Waals surface area (Å²) in [5, 5.41) is 0. The quantitative estimate of drug-likeness (QED) is 0.726. The maximum atomic E-state index is 11.5. The van der Waals surface area contributed by atoms with E-state index in [1.807, 2.05) is 18.2 Å². The van der Waals surface area contributed by atoms with Crippen LogP contribution < -0.4 is 5.76 Å². The highest BCUT2D eigenvalue weighted by Gasteiger charge is 2.07. The molecule has 0 amide bonds. The third-order valence-electron chi connectivity index (χ3n) is 3.93. The summed E-state index contributed by atoms with van der Waals surface area (Å²) in [5.41, 5.74) is 4.00. The van der Waals surface area contributed by atoms with Crippen LogP contribution in [0, 0.1) is 0 Å². The topological polar surface area (TPSA) is 38.4 Å². The number of hydrogen-bond donors (Lipinski definition) is 0. The molecule has 1 heterocycles. The minimum atomic E-state index is -0.312. The van der Waals surface area contributed by atoms with Crippen molar-refractivity contribution in [1.29, 1.82) is 0 Å². The molecule has 2 aromatic carbocycles. The normalized spacial score (nSPS) is 11.4. The van der Waals surface area contributed by atoms with Crippen LogP contribution in [0.3, 0.4) is 0 Å². The molecule has 0 atom stereocenters. The summed E-state index contributed by atoms with van der Waals surface area (Å²) in [6, 6.07) is 16.4. The minimum Gasteiger partial charge on any atom is -0.408 e. The summed E-state index contributed by atoms with van der Waals surface area (Å²) in [7, 11) is 3.84. The van der Waals surface area contributed by atoms with Gasteiger partial charge in [0.15, 0.2) is 5.58 Å². The number of aryl methyl sites for hydroxylation is 1. The van der Waals surface area contributed by atoms with Crippen molar-refractivity contribution in [2.24, 2.45) is 7.05 Å². The summed E-state index contributed by atoms with van der Waals surface area (Å²) < 4.78 is 6.76. The highest BCUT2D eigenvalue weighted by Crippen LogP contribution is 2.15. The van der Waals surface area contributed by atoms with Gasteiger partial charge in [0.2, 0.25) is 0 Å². The van der Waals surface area contributed by atoms with Crippen molar-refractivity contribution in [1.82, 2.24) is 9.47 Å². The highest BCUT2D eigenvalue weighted by molar-refractivity contribution is 5.73. The van der Waals surface area contributed by atoms with E-state index in [0.717, 1.165) is 25.0 Å². The first-order valence-electron chi connectivity index (χ1n) is 7.44. The smallest absolute Gasteiger partial charge is 0.408 e. The Bertz CT molecular complexity index is 818. The van der Waals surface area contributed by atoms with E-state index in [1.54, 1.807) is 7.05 Å². The van der Waals surface area contributed by atoms with Gasteiger partial charge < -0.3 is 9.32 Å². The van der Waals surface area contributed by atoms with Crippen molar-refractivity contribution < 1.29 is 4.42 Å². The number of aromatic nitrogens is 1. The summed E-state index contributed by atoms with van der Waals surface area (Å²) in [5.74, 6) is -0.312. The lowest BCUT2D eigenvalue weighted by Gasteiger charge is -2.16. The van der Waals surface area contributed by atoms with Crippen LogP contribution in [0.1, 0.15) is 11.1 Å². The molecule has 0 aliphatic heterocycles. The third-order valence-corrected chi connectivity index (χ3v) is 3.93. The van der Waals surface area contributed by atoms with Crippen molar-refractivity contribution in [3.05, 3.63) is 70.2 Å². The molecule has 114 valence electrons. The number of benzene rings is 2. The molecule has 0 fully saturated rings.